The maximum atomic E-state index is 13.0. The topological polar surface area (TPSA) is 50.6 Å². The molecular formula is C19H28N4O2. The van der Waals surface area contributed by atoms with Gasteiger partial charge in [-0.3, -0.25) is 9.69 Å². The fourth-order valence-electron chi connectivity index (χ4n) is 4.88. The number of carbonyl (C=O) groups is 1. The summed E-state index contributed by atoms with van der Waals surface area (Å²) in [5.41, 5.74) is 2.59. The van der Waals surface area contributed by atoms with E-state index in [9.17, 15) is 4.79 Å². The Morgan fingerprint density at radius 2 is 2.08 bits per heavy atom. The van der Waals surface area contributed by atoms with Gasteiger partial charge in [0, 0.05) is 37.8 Å². The van der Waals surface area contributed by atoms with Crippen molar-refractivity contribution >= 4 is 5.91 Å². The predicted molar refractivity (Wildman–Crippen MR) is 93.2 cm³/mol. The first-order chi connectivity index (χ1) is 12.3. The number of nitrogens with zero attached hydrogens (tertiary/aromatic N) is 4. The minimum Gasteiger partial charge on any atom is -0.374 e. The van der Waals surface area contributed by atoms with E-state index in [1.54, 1.807) is 0 Å². The molecule has 6 heteroatoms. The highest BCUT2D eigenvalue weighted by Gasteiger charge is 2.37. The zero-order valence-corrected chi connectivity index (χ0v) is 14.9. The first-order valence-corrected chi connectivity index (χ1v) is 9.97. The molecule has 0 aromatic carbocycles. The molecule has 4 aliphatic rings. The molecule has 2 aliphatic carbocycles. The van der Waals surface area contributed by atoms with Crippen LogP contribution in [0.25, 0.3) is 0 Å². The first kappa shape index (κ1) is 15.8. The third-order valence-corrected chi connectivity index (χ3v) is 6.37. The second kappa shape index (κ2) is 6.40. The molecule has 3 heterocycles. The molecule has 3 fully saturated rings. The predicted octanol–water partition coefficient (Wildman–Crippen LogP) is 1.75. The Kier molecular flexibility index (Phi) is 4.05. The molecule has 1 aromatic rings. The van der Waals surface area contributed by atoms with Gasteiger partial charge in [-0.2, -0.15) is 0 Å². The summed E-state index contributed by atoms with van der Waals surface area (Å²) in [6, 6.07) is 1.01. The summed E-state index contributed by atoms with van der Waals surface area (Å²) in [5.74, 6) is 0.283. The molecular weight excluding hydrogens is 316 g/mol. The van der Waals surface area contributed by atoms with Crippen LogP contribution in [0.5, 0.6) is 0 Å². The molecule has 0 spiro atoms. The van der Waals surface area contributed by atoms with Crippen LogP contribution in [0.4, 0.5) is 0 Å². The van der Waals surface area contributed by atoms with Crippen molar-refractivity contribution in [2.24, 2.45) is 0 Å². The van der Waals surface area contributed by atoms with Crippen molar-refractivity contribution in [1.82, 2.24) is 19.4 Å². The molecule has 1 aromatic heterocycles. The standard InChI is InChI=1S/C19H28N4O2/c24-19(22-9-10-25-18-4-2-1-3-17(18)22)12-21-8-7-16-15(11-21)20-13-23(16)14-5-6-14/h13-14,17-18H,1-12H2. The molecule has 0 N–H and O–H groups in total. The fourth-order valence-corrected chi connectivity index (χ4v) is 4.88. The lowest BCUT2D eigenvalue weighted by molar-refractivity contribution is -0.150. The zero-order valence-electron chi connectivity index (χ0n) is 14.9. The highest BCUT2D eigenvalue weighted by molar-refractivity contribution is 5.78. The molecule has 1 saturated heterocycles. The summed E-state index contributed by atoms with van der Waals surface area (Å²) in [7, 11) is 0. The number of amides is 1. The summed E-state index contributed by atoms with van der Waals surface area (Å²) in [5, 5.41) is 0. The van der Waals surface area contributed by atoms with Crippen LogP contribution in [0.3, 0.4) is 0 Å². The summed E-state index contributed by atoms with van der Waals surface area (Å²) < 4.78 is 8.29. The van der Waals surface area contributed by atoms with Crippen molar-refractivity contribution in [1.29, 1.82) is 0 Å². The lowest BCUT2D eigenvalue weighted by atomic mass is 9.90. The van der Waals surface area contributed by atoms with E-state index in [0.717, 1.165) is 38.9 Å². The largest absolute Gasteiger partial charge is 0.374 e. The van der Waals surface area contributed by atoms with Gasteiger partial charge < -0.3 is 14.2 Å². The van der Waals surface area contributed by atoms with Crippen molar-refractivity contribution in [3.05, 3.63) is 17.7 Å². The van der Waals surface area contributed by atoms with Gasteiger partial charge in [-0.1, -0.05) is 12.8 Å². The number of fused-ring (bicyclic) bond motifs is 2. The molecule has 2 aliphatic heterocycles. The van der Waals surface area contributed by atoms with Crippen LogP contribution < -0.4 is 0 Å². The highest BCUT2D eigenvalue weighted by atomic mass is 16.5. The average Bonchev–Trinajstić information content (AvgIpc) is 3.40. The highest BCUT2D eigenvalue weighted by Crippen LogP contribution is 2.37. The average molecular weight is 344 g/mol. The maximum Gasteiger partial charge on any atom is 0.237 e. The monoisotopic (exact) mass is 344 g/mol. The molecule has 136 valence electrons. The molecule has 2 saturated carbocycles. The van der Waals surface area contributed by atoms with Gasteiger partial charge in [0.15, 0.2) is 0 Å². The SMILES string of the molecule is O=C(CN1CCc2c(ncn2C2CC2)C1)N1CCOC2CCCCC21. The van der Waals surface area contributed by atoms with Gasteiger partial charge in [0.05, 0.1) is 37.3 Å². The van der Waals surface area contributed by atoms with E-state index in [-0.39, 0.29) is 12.0 Å². The van der Waals surface area contributed by atoms with Crippen LogP contribution in [0.15, 0.2) is 6.33 Å². The Bertz CT molecular complexity index is 652. The number of hydrogen-bond donors (Lipinski definition) is 0. The Hall–Kier alpha value is -1.40. The zero-order chi connectivity index (χ0) is 16.8. The van der Waals surface area contributed by atoms with E-state index >= 15 is 0 Å². The van der Waals surface area contributed by atoms with Crippen LogP contribution in [0.1, 0.15) is 56.0 Å². The van der Waals surface area contributed by atoms with Crippen molar-refractivity contribution in [2.75, 3.05) is 26.2 Å². The van der Waals surface area contributed by atoms with Gasteiger partial charge in [-0.15, -0.1) is 0 Å². The van der Waals surface area contributed by atoms with Crippen LogP contribution in [0.2, 0.25) is 0 Å². The van der Waals surface area contributed by atoms with Gasteiger partial charge in [-0.25, -0.2) is 4.98 Å². The Balaban J connectivity index is 1.23. The fraction of sp³-hybridized carbons (Fsp3) is 0.789. The van der Waals surface area contributed by atoms with E-state index in [2.05, 4.69) is 19.4 Å². The van der Waals surface area contributed by atoms with Crippen LogP contribution in [-0.4, -0.2) is 63.6 Å². The number of rotatable bonds is 3. The van der Waals surface area contributed by atoms with Crippen LogP contribution in [0, 0.1) is 0 Å². The second-order valence-corrected chi connectivity index (χ2v) is 8.09. The van der Waals surface area contributed by atoms with Crippen molar-refractivity contribution in [2.45, 2.75) is 69.7 Å². The van der Waals surface area contributed by atoms with E-state index in [1.165, 1.54) is 37.1 Å². The molecule has 0 bridgehead atoms. The number of morpholine rings is 1. The lowest BCUT2D eigenvalue weighted by Crippen LogP contribution is -2.57. The minimum atomic E-state index is 0.272. The van der Waals surface area contributed by atoms with E-state index in [1.807, 2.05) is 6.33 Å². The number of imidazole rings is 1. The first-order valence-electron chi connectivity index (χ1n) is 9.97. The Morgan fingerprint density at radius 3 is 2.96 bits per heavy atom. The van der Waals surface area contributed by atoms with E-state index in [4.69, 9.17) is 4.74 Å². The van der Waals surface area contributed by atoms with Crippen molar-refractivity contribution in [3.8, 4) is 0 Å². The van der Waals surface area contributed by atoms with Gasteiger partial charge in [-0.05, 0) is 25.7 Å². The van der Waals surface area contributed by atoms with Gasteiger partial charge in [0.25, 0.3) is 0 Å². The van der Waals surface area contributed by atoms with E-state index < -0.39 is 0 Å². The van der Waals surface area contributed by atoms with Gasteiger partial charge >= 0.3 is 0 Å². The number of aromatic nitrogens is 2. The van der Waals surface area contributed by atoms with Gasteiger partial charge in [0.1, 0.15) is 0 Å². The third kappa shape index (κ3) is 2.99. The van der Waals surface area contributed by atoms with Crippen LogP contribution in [-0.2, 0) is 22.5 Å². The molecule has 0 radical (unpaired) electrons. The van der Waals surface area contributed by atoms with Crippen LogP contribution >= 0.6 is 0 Å². The Morgan fingerprint density at radius 1 is 1.20 bits per heavy atom. The quantitative estimate of drug-likeness (QED) is 0.838. The van der Waals surface area contributed by atoms with Gasteiger partial charge in [0.2, 0.25) is 5.91 Å². The summed E-state index contributed by atoms with van der Waals surface area (Å²) in [6.07, 6.45) is 10.6. The maximum absolute atomic E-state index is 13.0. The number of carbonyl (C=O) groups excluding carboxylic acids is 1. The Labute approximate surface area is 149 Å². The molecule has 5 rings (SSSR count). The summed E-state index contributed by atoms with van der Waals surface area (Å²) >= 11 is 0. The normalized spacial score (nSPS) is 30.0. The molecule has 25 heavy (non-hydrogen) atoms. The third-order valence-electron chi connectivity index (χ3n) is 6.37. The molecule has 2 atom stereocenters. The smallest absolute Gasteiger partial charge is 0.237 e. The minimum absolute atomic E-state index is 0.272. The van der Waals surface area contributed by atoms with Crippen molar-refractivity contribution < 1.29 is 9.53 Å². The molecule has 1 amide bonds. The number of hydrogen-bond acceptors (Lipinski definition) is 4. The second-order valence-electron chi connectivity index (χ2n) is 8.09. The molecule has 2 unspecified atom stereocenters. The number of ether oxygens (including phenoxy) is 1. The lowest BCUT2D eigenvalue weighted by Gasteiger charge is -2.44. The summed E-state index contributed by atoms with van der Waals surface area (Å²) in [4.78, 5) is 22.0. The van der Waals surface area contributed by atoms with Crippen molar-refractivity contribution in [3.63, 3.8) is 0 Å². The molecule has 6 nitrogen and oxygen atoms in total. The van der Waals surface area contributed by atoms with E-state index in [0.29, 0.717) is 25.2 Å². The summed E-state index contributed by atoms with van der Waals surface area (Å²) in [6.45, 7) is 3.77.